The zero-order chi connectivity index (χ0) is 10.1. The number of pyridine rings is 1. The minimum atomic E-state index is -0.447. The number of hydrogen-bond acceptors (Lipinski definition) is 4. The van der Waals surface area contributed by atoms with Crippen molar-refractivity contribution < 1.29 is 0 Å². The molecule has 2 heterocycles. The standard InChI is InChI=1S/C7H6ClN5O/c1-4-2-3-5(6(8)9-4)13-7(14)10-11-12-13/h2-3H,1H3,(H,10,12,14). The second-order valence-corrected chi connectivity index (χ2v) is 3.04. The molecule has 0 atom stereocenters. The van der Waals surface area contributed by atoms with Gasteiger partial charge in [-0.05, 0) is 29.5 Å². The maximum atomic E-state index is 11.2. The zero-order valence-corrected chi connectivity index (χ0v) is 7.99. The highest BCUT2D eigenvalue weighted by molar-refractivity contribution is 6.31. The third-order valence-corrected chi connectivity index (χ3v) is 1.95. The van der Waals surface area contributed by atoms with E-state index in [4.69, 9.17) is 11.6 Å². The van der Waals surface area contributed by atoms with Crippen LogP contribution in [0.4, 0.5) is 0 Å². The van der Waals surface area contributed by atoms with E-state index in [-0.39, 0.29) is 5.15 Å². The summed E-state index contributed by atoms with van der Waals surface area (Å²) in [5, 5.41) is 9.29. The second-order valence-electron chi connectivity index (χ2n) is 2.68. The van der Waals surface area contributed by atoms with Gasteiger partial charge in [0.15, 0.2) is 5.15 Å². The molecule has 72 valence electrons. The molecule has 2 rings (SSSR count). The van der Waals surface area contributed by atoms with Gasteiger partial charge >= 0.3 is 5.69 Å². The minimum Gasteiger partial charge on any atom is -0.244 e. The number of aromatic amines is 1. The molecule has 0 aliphatic rings. The Morgan fingerprint density at radius 3 is 2.86 bits per heavy atom. The largest absolute Gasteiger partial charge is 0.365 e. The van der Waals surface area contributed by atoms with Crippen LogP contribution in [-0.2, 0) is 0 Å². The van der Waals surface area contributed by atoms with Crippen LogP contribution >= 0.6 is 11.6 Å². The molecule has 0 unspecified atom stereocenters. The van der Waals surface area contributed by atoms with Gasteiger partial charge in [0.2, 0.25) is 0 Å². The summed E-state index contributed by atoms with van der Waals surface area (Å²) in [4.78, 5) is 15.1. The van der Waals surface area contributed by atoms with Crippen molar-refractivity contribution in [2.24, 2.45) is 0 Å². The average molecular weight is 212 g/mol. The van der Waals surface area contributed by atoms with Crippen LogP contribution in [0.3, 0.4) is 0 Å². The Morgan fingerprint density at radius 2 is 2.29 bits per heavy atom. The topological polar surface area (TPSA) is 76.5 Å². The molecule has 0 saturated carbocycles. The smallest absolute Gasteiger partial charge is 0.244 e. The predicted molar refractivity (Wildman–Crippen MR) is 49.5 cm³/mol. The summed E-state index contributed by atoms with van der Waals surface area (Å²) < 4.78 is 1.05. The van der Waals surface area contributed by atoms with Gasteiger partial charge in [-0.2, -0.15) is 4.68 Å². The van der Waals surface area contributed by atoms with Gasteiger partial charge in [-0.1, -0.05) is 11.6 Å². The summed E-state index contributed by atoms with van der Waals surface area (Å²) in [6, 6.07) is 3.40. The lowest BCUT2D eigenvalue weighted by Crippen LogP contribution is -2.16. The lowest BCUT2D eigenvalue weighted by Gasteiger charge is -2.00. The number of rotatable bonds is 1. The quantitative estimate of drug-likeness (QED) is 0.689. The molecule has 0 radical (unpaired) electrons. The third-order valence-electron chi connectivity index (χ3n) is 1.67. The number of halogens is 1. The normalized spacial score (nSPS) is 10.4. The zero-order valence-electron chi connectivity index (χ0n) is 7.23. The van der Waals surface area contributed by atoms with Gasteiger partial charge in [-0.25, -0.2) is 14.9 Å². The Hall–Kier alpha value is -1.69. The van der Waals surface area contributed by atoms with E-state index >= 15 is 0 Å². The van der Waals surface area contributed by atoms with Crippen LogP contribution in [0.5, 0.6) is 0 Å². The van der Waals surface area contributed by atoms with Crippen molar-refractivity contribution in [1.29, 1.82) is 0 Å². The number of hydrogen-bond donors (Lipinski definition) is 1. The van der Waals surface area contributed by atoms with Gasteiger partial charge in [-0.15, -0.1) is 0 Å². The molecule has 6 nitrogen and oxygen atoms in total. The van der Waals surface area contributed by atoms with Crippen molar-refractivity contribution in [1.82, 2.24) is 25.2 Å². The number of aryl methyl sites for hydroxylation is 1. The Labute approximate surface area is 83.5 Å². The maximum Gasteiger partial charge on any atom is 0.365 e. The van der Waals surface area contributed by atoms with Crippen LogP contribution in [-0.4, -0.2) is 25.2 Å². The first-order valence-electron chi connectivity index (χ1n) is 3.82. The van der Waals surface area contributed by atoms with E-state index in [2.05, 4.69) is 20.5 Å². The third kappa shape index (κ3) is 1.39. The molecule has 7 heteroatoms. The second kappa shape index (κ2) is 3.22. The van der Waals surface area contributed by atoms with Crippen LogP contribution < -0.4 is 5.69 Å². The van der Waals surface area contributed by atoms with Crippen molar-refractivity contribution in [3.8, 4) is 5.69 Å². The minimum absolute atomic E-state index is 0.223. The monoisotopic (exact) mass is 211 g/mol. The fourth-order valence-electron chi connectivity index (χ4n) is 1.03. The van der Waals surface area contributed by atoms with Crippen LogP contribution in [0.2, 0.25) is 5.15 Å². The van der Waals surface area contributed by atoms with Crippen molar-refractivity contribution in [2.45, 2.75) is 6.92 Å². The number of H-pyrrole nitrogens is 1. The molecule has 0 aliphatic heterocycles. The Morgan fingerprint density at radius 1 is 1.50 bits per heavy atom. The van der Waals surface area contributed by atoms with Gasteiger partial charge in [-0.3, -0.25) is 0 Å². The molecular formula is C7H6ClN5O. The molecule has 1 N–H and O–H groups in total. The summed E-state index contributed by atoms with van der Waals surface area (Å²) >= 11 is 5.84. The van der Waals surface area contributed by atoms with Gasteiger partial charge in [0.1, 0.15) is 5.69 Å². The van der Waals surface area contributed by atoms with Crippen molar-refractivity contribution in [3.05, 3.63) is 33.5 Å². The van der Waals surface area contributed by atoms with E-state index in [0.29, 0.717) is 5.69 Å². The first-order valence-corrected chi connectivity index (χ1v) is 4.20. The summed E-state index contributed by atoms with van der Waals surface area (Å²) in [5.41, 5.74) is 0.740. The van der Waals surface area contributed by atoms with Crippen LogP contribution in [0, 0.1) is 6.92 Å². The van der Waals surface area contributed by atoms with Gasteiger partial charge in [0, 0.05) is 5.69 Å². The highest BCUT2D eigenvalue weighted by atomic mass is 35.5. The van der Waals surface area contributed by atoms with Gasteiger partial charge < -0.3 is 0 Å². The first kappa shape index (κ1) is 8.89. The number of nitrogens with zero attached hydrogens (tertiary/aromatic N) is 4. The van der Waals surface area contributed by atoms with Crippen LogP contribution in [0.1, 0.15) is 5.69 Å². The molecule has 0 fully saturated rings. The molecule has 14 heavy (non-hydrogen) atoms. The Bertz CT molecular complexity index is 517. The predicted octanol–water partition coefficient (Wildman–Crippen LogP) is 0.312. The van der Waals surface area contributed by atoms with Crippen LogP contribution in [0.15, 0.2) is 16.9 Å². The fourth-order valence-corrected chi connectivity index (χ4v) is 1.31. The molecule has 2 aromatic rings. The van der Waals surface area contributed by atoms with E-state index in [0.717, 1.165) is 10.4 Å². The molecule has 0 spiro atoms. The molecule has 0 bridgehead atoms. The summed E-state index contributed by atoms with van der Waals surface area (Å²) in [6.07, 6.45) is 0. The van der Waals surface area contributed by atoms with E-state index in [1.807, 2.05) is 0 Å². The van der Waals surface area contributed by atoms with Gasteiger partial charge in [0.25, 0.3) is 0 Å². The SMILES string of the molecule is Cc1ccc(-n2nn[nH]c2=O)c(Cl)n1. The molecule has 2 aromatic heterocycles. The summed E-state index contributed by atoms with van der Waals surface area (Å²) in [5.74, 6) is 0. The number of nitrogens with one attached hydrogen (secondary N) is 1. The summed E-state index contributed by atoms with van der Waals surface area (Å²) in [6.45, 7) is 1.81. The molecule has 0 aromatic carbocycles. The van der Waals surface area contributed by atoms with E-state index < -0.39 is 5.69 Å². The number of tetrazole rings is 1. The van der Waals surface area contributed by atoms with Crippen molar-refractivity contribution >= 4 is 11.6 Å². The first-order chi connectivity index (χ1) is 6.68. The van der Waals surface area contributed by atoms with E-state index in [1.54, 1.807) is 19.1 Å². The fraction of sp³-hybridized carbons (Fsp3) is 0.143. The van der Waals surface area contributed by atoms with E-state index in [1.165, 1.54) is 0 Å². The molecular weight excluding hydrogens is 206 g/mol. The lowest BCUT2D eigenvalue weighted by molar-refractivity contribution is 0.776. The van der Waals surface area contributed by atoms with Crippen LogP contribution in [0.25, 0.3) is 5.69 Å². The Balaban J connectivity index is 2.63. The van der Waals surface area contributed by atoms with E-state index in [9.17, 15) is 4.79 Å². The maximum absolute atomic E-state index is 11.2. The highest BCUT2D eigenvalue weighted by Gasteiger charge is 2.08. The Kier molecular flexibility index (Phi) is 2.05. The van der Waals surface area contributed by atoms with Gasteiger partial charge in [0.05, 0.1) is 0 Å². The van der Waals surface area contributed by atoms with Crippen molar-refractivity contribution in [3.63, 3.8) is 0 Å². The highest BCUT2D eigenvalue weighted by Crippen LogP contribution is 2.15. The lowest BCUT2D eigenvalue weighted by atomic mass is 10.3. The van der Waals surface area contributed by atoms with Crippen molar-refractivity contribution in [2.75, 3.05) is 0 Å². The number of aromatic nitrogens is 5. The average Bonchev–Trinajstić information content (AvgIpc) is 2.52. The molecule has 0 amide bonds. The summed E-state index contributed by atoms with van der Waals surface area (Å²) in [7, 11) is 0. The molecule has 0 aliphatic carbocycles. The molecule has 0 saturated heterocycles.